The van der Waals surface area contributed by atoms with Crippen molar-refractivity contribution >= 4 is 17.4 Å². The fourth-order valence-corrected chi connectivity index (χ4v) is 2.85. The highest BCUT2D eigenvalue weighted by atomic mass is 32.1. The van der Waals surface area contributed by atoms with Crippen molar-refractivity contribution in [2.24, 2.45) is 5.92 Å². The van der Waals surface area contributed by atoms with Gasteiger partial charge >= 0.3 is 6.03 Å². The molecule has 0 aliphatic carbocycles. The van der Waals surface area contributed by atoms with Gasteiger partial charge in [0.15, 0.2) is 0 Å². The van der Waals surface area contributed by atoms with Crippen LogP contribution < -0.4 is 5.32 Å². The molecule has 1 aromatic heterocycles. The molecule has 1 unspecified atom stereocenters. The Bertz CT molecular complexity index is 416. The van der Waals surface area contributed by atoms with E-state index in [2.05, 4.69) is 10.3 Å². The summed E-state index contributed by atoms with van der Waals surface area (Å²) in [6.45, 7) is 7.56. The number of nitrogens with one attached hydrogen (secondary N) is 1. The van der Waals surface area contributed by atoms with Crippen molar-refractivity contribution in [3.8, 4) is 0 Å². The van der Waals surface area contributed by atoms with Gasteiger partial charge in [-0.3, -0.25) is 0 Å². The molecule has 0 spiro atoms. The number of nitrogens with zero attached hydrogens (tertiary/aromatic N) is 2. The zero-order valence-electron chi connectivity index (χ0n) is 11.5. The summed E-state index contributed by atoms with van der Waals surface area (Å²) in [7, 11) is 0. The molecule has 1 N–H and O–H groups in total. The molecule has 106 valence electrons. The number of ether oxygens (including phenoxy) is 1. The predicted molar refractivity (Wildman–Crippen MR) is 75.3 cm³/mol. The molecule has 1 aromatic rings. The van der Waals surface area contributed by atoms with Gasteiger partial charge in [0.25, 0.3) is 0 Å². The van der Waals surface area contributed by atoms with Crippen LogP contribution in [-0.2, 0) is 11.3 Å². The van der Waals surface area contributed by atoms with Crippen LogP contribution in [-0.4, -0.2) is 42.2 Å². The van der Waals surface area contributed by atoms with Gasteiger partial charge in [-0.2, -0.15) is 0 Å². The molecule has 0 aromatic carbocycles. The van der Waals surface area contributed by atoms with E-state index in [4.69, 9.17) is 4.74 Å². The average molecular weight is 283 g/mol. The lowest BCUT2D eigenvalue weighted by Crippen LogP contribution is -2.42. The highest BCUT2D eigenvalue weighted by Gasteiger charge is 2.21. The SMILES string of the molecule is CCN(CC1CCOC1)C(=O)NCc1nc(C)cs1. The van der Waals surface area contributed by atoms with E-state index in [0.29, 0.717) is 12.5 Å². The van der Waals surface area contributed by atoms with E-state index in [0.717, 1.165) is 43.4 Å². The number of carbonyl (C=O) groups is 1. The number of aryl methyl sites for hydroxylation is 1. The Hall–Kier alpha value is -1.14. The van der Waals surface area contributed by atoms with E-state index in [1.165, 1.54) is 0 Å². The normalized spacial score (nSPS) is 18.5. The summed E-state index contributed by atoms with van der Waals surface area (Å²) < 4.78 is 5.35. The topological polar surface area (TPSA) is 54.5 Å². The zero-order chi connectivity index (χ0) is 13.7. The number of carbonyl (C=O) groups excluding carboxylic acids is 1. The minimum absolute atomic E-state index is 0.0118. The molecule has 1 saturated heterocycles. The van der Waals surface area contributed by atoms with Gasteiger partial charge in [-0.25, -0.2) is 9.78 Å². The van der Waals surface area contributed by atoms with Crippen LogP contribution in [0.1, 0.15) is 24.0 Å². The Morgan fingerprint density at radius 3 is 3.11 bits per heavy atom. The molecule has 1 aliphatic rings. The van der Waals surface area contributed by atoms with Gasteiger partial charge in [0.1, 0.15) is 5.01 Å². The second kappa shape index (κ2) is 6.86. The Labute approximate surface area is 118 Å². The van der Waals surface area contributed by atoms with Crippen molar-refractivity contribution in [3.05, 3.63) is 16.1 Å². The fourth-order valence-electron chi connectivity index (χ4n) is 2.14. The molecule has 1 atom stereocenters. The van der Waals surface area contributed by atoms with Gasteiger partial charge in [-0.15, -0.1) is 11.3 Å². The lowest BCUT2D eigenvalue weighted by Gasteiger charge is -2.23. The van der Waals surface area contributed by atoms with Gasteiger partial charge in [-0.05, 0) is 20.3 Å². The van der Waals surface area contributed by atoms with Crippen molar-refractivity contribution in [2.75, 3.05) is 26.3 Å². The van der Waals surface area contributed by atoms with Gasteiger partial charge in [0.05, 0.1) is 13.2 Å². The van der Waals surface area contributed by atoms with E-state index in [-0.39, 0.29) is 6.03 Å². The number of rotatable bonds is 5. The Morgan fingerprint density at radius 1 is 1.68 bits per heavy atom. The van der Waals surface area contributed by atoms with E-state index < -0.39 is 0 Å². The van der Waals surface area contributed by atoms with E-state index in [1.54, 1.807) is 11.3 Å². The number of thiazole rings is 1. The Kier molecular flexibility index (Phi) is 5.15. The monoisotopic (exact) mass is 283 g/mol. The van der Waals surface area contributed by atoms with Crippen molar-refractivity contribution in [1.82, 2.24) is 15.2 Å². The molecule has 0 saturated carbocycles. The molecular weight excluding hydrogens is 262 g/mol. The molecule has 0 bridgehead atoms. The second-order valence-electron chi connectivity index (χ2n) is 4.81. The third kappa shape index (κ3) is 4.18. The number of hydrogen-bond acceptors (Lipinski definition) is 4. The fraction of sp³-hybridized carbons (Fsp3) is 0.692. The summed E-state index contributed by atoms with van der Waals surface area (Å²) in [4.78, 5) is 18.3. The summed E-state index contributed by atoms with van der Waals surface area (Å²) in [5.41, 5.74) is 1.00. The lowest BCUT2D eigenvalue weighted by molar-refractivity contribution is 0.166. The second-order valence-corrected chi connectivity index (χ2v) is 5.75. The summed E-state index contributed by atoms with van der Waals surface area (Å²) >= 11 is 1.58. The van der Waals surface area contributed by atoms with Gasteiger partial charge < -0.3 is 15.0 Å². The molecule has 5 nitrogen and oxygen atoms in total. The number of aromatic nitrogens is 1. The van der Waals surface area contributed by atoms with E-state index in [1.807, 2.05) is 24.1 Å². The van der Waals surface area contributed by atoms with Crippen LogP contribution in [0.15, 0.2) is 5.38 Å². The molecule has 1 fully saturated rings. The lowest BCUT2D eigenvalue weighted by atomic mass is 10.1. The van der Waals surface area contributed by atoms with E-state index >= 15 is 0 Å². The maximum Gasteiger partial charge on any atom is 0.317 e. The minimum atomic E-state index is -0.0118. The molecular formula is C13H21N3O2S. The van der Waals surface area contributed by atoms with Crippen LogP contribution >= 0.6 is 11.3 Å². The van der Waals surface area contributed by atoms with Crippen molar-refractivity contribution in [3.63, 3.8) is 0 Å². The first-order valence-corrected chi connectivity index (χ1v) is 7.58. The molecule has 0 radical (unpaired) electrons. The molecule has 2 rings (SSSR count). The minimum Gasteiger partial charge on any atom is -0.381 e. The first-order valence-electron chi connectivity index (χ1n) is 6.70. The summed E-state index contributed by atoms with van der Waals surface area (Å²) in [6, 6.07) is -0.0118. The molecule has 19 heavy (non-hydrogen) atoms. The quantitative estimate of drug-likeness (QED) is 0.899. The number of hydrogen-bond donors (Lipinski definition) is 1. The third-order valence-electron chi connectivity index (χ3n) is 3.23. The van der Waals surface area contributed by atoms with E-state index in [9.17, 15) is 4.79 Å². The first-order chi connectivity index (χ1) is 9.19. The van der Waals surface area contributed by atoms with Crippen molar-refractivity contribution in [1.29, 1.82) is 0 Å². The van der Waals surface area contributed by atoms with Crippen LogP contribution in [0, 0.1) is 12.8 Å². The van der Waals surface area contributed by atoms with Crippen LogP contribution in [0.3, 0.4) is 0 Å². The molecule has 2 heterocycles. The largest absolute Gasteiger partial charge is 0.381 e. The average Bonchev–Trinajstić information content (AvgIpc) is 3.04. The van der Waals surface area contributed by atoms with Crippen LogP contribution in [0.5, 0.6) is 0 Å². The molecule has 6 heteroatoms. The Balaban J connectivity index is 1.79. The van der Waals surface area contributed by atoms with Gasteiger partial charge in [-0.1, -0.05) is 0 Å². The van der Waals surface area contributed by atoms with Crippen LogP contribution in [0.2, 0.25) is 0 Å². The first kappa shape index (κ1) is 14.3. The number of amides is 2. The van der Waals surface area contributed by atoms with Crippen molar-refractivity contribution in [2.45, 2.75) is 26.8 Å². The Morgan fingerprint density at radius 2 is 2.53 bits per heavy atom. The van der Waals surface area contributed by atoms with Crippen molar-refractivity contribution < 1.29 is 9.53 Å². The summed E-state index contributed by atoms with van der Waals surface area (Å²) in [5, 5.41) is 5.88. The van der Waals surface area contributed by atoms with Crippen LogP contribution in [0.4, 0.5) is 4.79 Å². The smallest absolute Gasteiger partial charge is 0.317 e. The predicted octanol–water partition coefficient (Wildman–Crippen LogP) is 2.02. The summed E-state index contributed by atoms with van der Waals surface area (Å²) in [5.74, 6) is 0.479. The molecule has 1 aliphatic heterocycles. The summed E-state index contributed by atoms with van der Waals surface area (Å²) in [6.07, 6.45) is 1.05. The van der Waals surface area contributed by atoms with Gasteiger partial charge in [0.2, 0.25) is 0 Å². The molecule has 2 amide bonds. The zero-order valence-corrected chi connectivity index (χ0v) is 12.3. The third-order valence-corrected chi connectivity index (χ3v) is 4.20. The highest BCUT2D eigenvalue weighted by molar-refractivity contribution is 7.09. The maximum absolute atomic E-state index is 12.1. The van der Waals surface area contributed by atoms with Crippen LogP contribution in [0.25, 0.3) is 0 Å². The highest BCUT2D eigenvalue weighted by Crippen LogP contribution is 2.14. The number of urea groups is 1. The maximum atomic E-state index is 12.1. The van der Waals surface area contributed by atoms with Gasteiger partial charge in [0, 0.05) is 36.7 Å². The standard InChI is InChI=1S/C13H21N3O2S/c1-3-16(7-11-4-5-18-8-11)13(17)14-6-12-15-10(2)9-19-12/h9,11H,3-8H2,1-2H3,(H,14,17).